The van der Waals surface area contributed by atoms with Gasteiger partial charge in [0.05, 0.1) is 12.5 Å². The molecule has 0 N–H and O–H groups in total. The molecule has 0 radical (unpaired) electrons. The van der Waals surface area contributed by atoms with E-state index >= 15 is 0 Å². The van der Waals surface area contributed by atoms with Gasteiger partial charge in [-0.25, -0.2) is 4.39 Å². The molecule has 0 bridgehead atoms. The minimum absolute atomic E-state index is 0.0522. The summed E-state index contributed by atoms with van der Waals surface area (Å²) in [6.07, 6.45) is 3.74. The van der Waals surface area contributed by atoms with Gasteiger partial charge >= 0.3 is 0 Å². The molecule has 1 aromatic carbocycles. The van der Waals surface area contributed by atoms with Crippen LogP contribution in [-0.4, -0.2) is 22.5 Å². The zero-order chi connectivity index (χ0) is 16.2. The fourth-order valence-corrected chi connectivity index (χ4v) is 3.13. The molecule has 1 saturated heterocycles. The van der Waals surface area contributed by atoms with E-state index in [-0.39, 0.29) is 24.2 Å². The fourth-order valence-electron chi connectivity index (χ4n) is 3.13. The Morgan fingerprint density at radius 1 is 1.43 bits per heavy atom. The average Bonchev–Trinajstić information content (AvgIpc) is 3.18. The van der Waals surface area contributed by atoms with Gasteiger partial charge in [0.1, 0.15) is 17.3 Å². The fraction of sp³-hybridized carbons (Fsp3) is 0.444. The monoisotopic (exact) mass is 316 g/mol. The number of carbonyl (C=O) groups is 1. The third-order valence-corrected chi connectivity index (χ3v) is 4.29. The van der Waals surface area contributed by atoms with Gasteiger partial charge in [0.15, 0.2) is 0 Å². The second-order valence-corrected chi connectivity index (χ2v) is 5.98. The highest BCUT2D eigenvalue weighted by atomic mass is 19.1. The topological polar surface area (TPSA) is 46.3 Å². The molecular weight excluding hydrogens is 295 g/mol. The van der Waals surface area contributed by atoms with E-state index in [9.17, 15) is 9.18 Å². The lowest BCUT2D eigenvalue weighted by Gasteiger charge is -2.23. The van der Waals surface area contributed by atoms with Crippen molar-refractivity contribution in [1.82, 2.24) is 10.1 Å². The zero-order valence-corrected chi connectivity index (χ0v) is 13.3. The summed E-state index contributed by atoms with van der Waals surface area (Å²) < 4.78 is 19.1. The first-order chi connectivity index (χ1) is 11.2. The smallest absolute Gasteiger partial charge is 0.227 e. The van der Waals surface area contributed by atoms with E-state index in [0.29, 0.717) is 12.1 Å². The molecule has 1 atom stereocenters. The van der Waals surface area contributed by atoms with Gasteiger partial charge in [-0.3, -0.25) is 4.79 Å². The quantitative estimate of drug-likeness (QED) is 0.845. The molecule has 3 rings (SSSR count). The van der Waals surface area contributed by atoms with Crippen molar-refractivity contribution in [2.75, 3.05) is 6.54 Å². The van der Waals surface area contributed by atoms with Crippen LogP contribution in [0.4, 0.5) is 4.39 Å². The standard InChI is InChI=1S/C18H21FN2O2/c1-2-6-14-12-16(20-23-14)17-9-5-10-21(17)18(22)11-13-7-3-4-8-15(13)19/h3-4,7-8,12,17H,2,5-6,9-11H2,1H3/t17-/m0/s1. The maximum Gasteiger partial charge on any atom is 0.227 e. The first-order valence-electron chi connectivity index (χ1n) is 8.17. The van der Waals surface area contributed by atoms with E-state index in [0.717, 1.165) is 37.1 Å². The van der Waals surface area contributed by atoms with E-state index in [2.05, 4.69) is 12.1 Å². The summed E-state index contributed by atoms with van der Waals surface area (Å²) in [5.74, 6) is 0.469. The van der Waals surface area contributed by atoms with Crippen molar-refractivity contribution >= 4 is 5.91 Å². The first kappa shape index (κ1) is 15.7. The van der Waals surface area contributed by atoms with Crippen molar-refractivity contribution in [3.63, 3.8) is 0 Å². The van der Waals surface area contributed by atoms with Crippen molar-refractivity contribution in [3.05, 3.63) is 53.2 Å². The van der Waals surface area contributed by atoms with Crippen molar-refractivity contribution in [2.45, 2.75) is 45.1 Å². The van der Waals surface area contributed by atoms with Gasteiger partial charge in [-0.2, -0.15) is 0 Å². The van der Waals surface area contributed by atoms with Crippen LogP contribution in [0.25, 0.3) is 0 Å². The van der Waals surface area contributed by atoms with Gasteiger partial charge in [0.2, 0.25) is 5.91 Å². The Bertz CT molecular complexity index is 683. The minimum atomic E-state index is -0.330. The molecule has 0 saturated carbocycles. The molecule has 1 aliphatic heterocycles. The van der Waals surface area contributed by atoms with Crippen molar-refractivity contribution in [2.24, 2.45) is 0 Å². The number of aromatic nitrogens is 1. The number of benzene rings is 1. The molecular formula is C18H21FN2O2. The number of amides is 1. The van der Waals surface area contributed by atoms with Crippen LogP contribution in [0, 0.1) is 5.82 Å². The van der Waals surface area contributed by atoms with Crippen LogP contribution in [0.15, 0.2) is 34.9 Å². The molecule has 122 valence electrons. The summed E-state index contributed by atoms with van der Waals surface area (Å²) in [5, 5.41) is 4.13. The van der Waals surface area contributed by atoms with Crippen molar-refractivity contribution < 1.29 is 13.7 Å². The average molecular weight is 316 g/mol. The van der Waals surface area contributed by atoms with Gasteiger partial charge in [-0.1, -0.05) is 30.3 Å². The van der Waals surface area contributed by atoms with E-state index in [1.165, 1.54) is 6.07 Å². The molecule has 0 unspecified atom stereocenters. The van der Waals surface area contributed by atoms with Crippen LogP contribution in [0.3, 0.4) is 0 Å². The number of hydrogen-bond donors (Lipinski definition) is 0. The maximum atomic E-state index is 13.7. The number of aryl methyl sites for hydroxylation is 1. The lowest BCUT2D eigenvalue weighted by molar-refractivity contribution is -0.131. The molecule has 2 aromatic rings. The Morgan fingerprint density at radius 3 is 3.04 bits per heavy atom. The minimum Gasteiger partial charge on any atom is -0.361 e. The largest absolute Gasteiger partial charge is 0.361 e. The number of likely N-dealkylation sites (tertiary alicyclic amines) is 1. The zero-order valence-electron chi connectivity index (χ0n) is 13.3. The molecule has 1 fully saturated rings. The highest BCUT2D eigenvalue weighted by molar-refractivity contribution is 5.79. The summed E-state index contributed by atoms with van der Waals surface area (Å²) in [6, 6.07) is 8.33. The number of rotatable bonds is 5. The lowest BCUT2D eigenvalue weighted by atomic mass is 10.1. The van der Waals surface area contributed by atoms with Gasteiger partial charge < -0.3 is 9.42 Å². The van der Waals surface area contributed by atoms with E-state index in [4.69, 9.17) is 4.52 Å². The van der Waals surface area contributed by atoms with Crippen LogP contribution in [0.5, 0.6) is 0 Å². The molecule has 5 heteroatoms. The second-order valence-electron chi connectivity index (χ2n) is 5.98. The molecule has 23 heavy (non-hydrogen) atoms. The Morgan fingerprint density at radius 2 is 2.26 bits per heavy atom. The Balaban J connectivity index is 1.73. The lowest BCUT2D eigenvalue weighted by Crippen LogP contribution is -2.32. The summed E-state index contributed by atoms with van der Waals surface area (Å²) in [4.78, 5) is 14.4. The highest BCUT2D eigenvalue weighted by Crippen LogP contribution is 2.32. The van der Waals surface area contributed by atoms with E-state index in [1.807, 2.05) is 6.07 Å². The Hall–Kier alpha value is -2.17. The van der Waals surface area contributed by atoms with E-state index < -0.39 is 0 Å². The molecule has 4 nitrogen and oxygen atoms in total. The normalized spacial score (nSPS) is 17.7. The highest BCUT2D eigenvalue weighted by Gasteiger charge is 2.32. The number of carbonyl (C=O) groups excluding carboxylic acids is 1. The number of halogens is 1. The maximum absolute atomic E-state index is 13.7. The predicted octanol–water partition coefficient (Wildman–Crippen LogP) is 3.67. The Kier molecular flexibility index (Phi) is 4.74. The number of nitrogens with zero attached hydrogens (tertiary/aromatic N) is 2. The second kappa shape index (κ2) is 6.94. The molecule has 2 heterocycles. The van der Waals surface area contributed by atoms with Gasteiger partial charge in [-0.05, 0) is 30.9 Å². The third-order valence-electron chi connectivity index (χ3n) is 4.29. The van der Waals surface area contributed by atoms with Crippen LogP contribution in [0.2, 0.25) is 0 Å². The van der Waals surface area contributed by atoms with Crippen molar-refractivity contribution in [3.8, 4) is 0 Å². The van der Waals surface area contributed by atoms with Gasteiger partial charge in [0, 0.05) is 19.0 Å². The van der Waals surface area contributed by atoms with Gasteiger partial charge in [0.25, 0.3) is 0 Å². The van der Waals surface area contributed by atoms with Crippen LogP contribution in [-0.2, 0) is 17.6 Å². The summed E-state index contributed by atoms with van der Waals surface area (Å²) in [6.45, 7) is 2.77. The van der Waals surface area contributed by atoms with Gasteiger partial charge in [-0.15, -0.1) is 0 Å². The first-order valence-corrected chi connectivity index (χ1v) is 8.17. The summed E-state index contributed by atoms with van der Waals surface area (Å²) in [7, 11) is 0. The molecule has 0 spiro atoms. The SMILES string of the molecule is CCCc1cc([C@@H]2CCCN2C(=O)Cc2ccccc2F)no1. The van der Waals surface area contributed by atoms with Crippen LogP contribution < -0.4 is 0 Å². The molecule has 1 aliphatic rings. The van der Waals surface area contributed by atoms with E-state index in [1.54, 1.807) is 23.1 Å². The predicted molar refractivity (Wildman–Crippen MR) is 84.3 cm³/mol. The molecule has 0 aliphatic carbocycles. The van der Waals surface area contributed by atoms with Crippen molar-refractivity contribution in [1.29, 1.82) is 0 Å². The summed E-state index contributed by atoms with van der Waals surface area (Å²) in [5.41, 5.74) is 1.25. The summed E-state index contributed by atoms with van der Waals surface area (Å²) >= 11 is 0. The number of hydrogen-bond acceptors (Lipinski definition) is 3. The third kappa shape index (κ3) is 3.44. The van der Waals surface area contributed by atoms with Crippen LogP contribution >= 0.6 is 0 Å². The molecule has 1 amide bonds. The Labute approximate surface area is 135 Å². The molecule has 1 aromatic heterocycles. The van der Waals surface area contributed by atoms with Crippen LogP contribution in [0.1, 0.15) is 49.2 Å².